The van der Waals surface area contributed by atoms with E-state index < -0.39 is 0 Å². The monoisotopic (exact) mass is 273 g/mol. The van der Waals surface area contributed by atoms with Crippen molar-refractivity contribution in [3.8, 4) is 0 Å². The number of anilines is 1. The number of carbonyl (C=O) groups excluding carboxylic acids is 2. The molecule has 1 aliphatic carbocycles. The molecular weight excluding hydrogens is 250 g/mol. The molecule has 0 saturated heterocycles. The summed E-state index contributed by atoms with van der Waals surface area (Å²) in [5.74, 6) is 0.362. The van der Waals surface area contributed by atoms with Gasteiger partial charge in [-0.1, -0.05) is 26.7 Å². The molecule has 1 unspecified atom stereocenters. The molecule has 3 heteroatoms. The lowest BCUT2D eigenvalue weighted by atomic mass is 9.66. The number of Topliss-reactive ketones (excluding diaryl/α,β-unsaturated/α-hetero) is 1. The number of ketones is 1. The molecule has 1 fully saturated rings. The molecule has 0 spiro atoms. The SMILES string of the molecule is CN(C=O)c1ccc(C(=O)C2CCCCC2(C)C)cc1. The zero-order valence-electron chi connectivity index (χ0n) is 12.6. The number of hydrogen-bond acceptors (Lipinski definition) is 2. The van der Waals surface area contributed by atoms with E-state index in [1.807, 2.05) is 24.3 Å². The molecule has 20 heavy (non-hydrogen) atoms. The number of rotatable bonds is 4. The third-order valence-electron chi connectivity index (χ3n) is 4.54. The van der Waals surface area contributed by atoms with Gasteiger partial charge in [0.1, 0.15) is 0 Å². The quantitative estimate of drug-likeness (QED) is 0.620. The van der Waals surface area contributed by atoms with Crippen molar-refractivity contribution in [3.63, 3.8) is 0 Å². The maximum Gasteiger partial charge on any atom is 0.213 e. The second kappa shape index (κ2) is 5.78. The van der Waals surface area contributed by atoms with Gasteiger partial charge in [0, 0.05) is 24.2 Å². The maximum atomic E-state index is 12.7. The number of hydrogen-bond donors (Lipinski definition) is 0. The minimum Gasteiger partial charge on any atom is -0.318 e. The second-order valence-electron chi connectivity index (χ2n) is 6.41. The molecule has 0 N–H and O–H groups in total. The van der Waals surface area contributed by atoms with Gasteiger partial charge in [-0.05, 0) is 42.5 Å². The zero-order chi connectivity index (χ0) is 14.8. The zero-order valence-corrected chi connectivity index (χ0v) is 12.6. The minimum absolute atomic E-state index is 0.0909. The van der Waals surface area contributed by atoms with Crippen molar-refractivity contribution in [2.24, 2.45) is 11.3 Å². The molecule has 1 aliphatic rings. The first-order valence-electron chi connectivity index (χ1n) is 7.28. The molecule has 0 bridgehead atoms. The molecule has 1 aromatic rings. The van der Waals surface area contributed by atoms with Crippen LogP contribution in [0.3, 0.4) is 0 Å². The van der Waals surface area contributed by atoms with Crippen molar-refractivity contribution >= 4 is 17.9 Å². The smallest absolute Gasteiger partial charge is 0.213 e. The molecule has 1 saturated carbocycles. The lowest BCUT2D eigenvalue weighted by Crippen LogP contribution is -2.34. The van der Waals surface area contributed by atoms with Gasteiger partial charge >= 0.3 is 0 Å². The fourth-order valence-electron chi connectivity index (χ4n) is 3.10. The van der Waals surface area contributed by atoms with E-state index in [9.17, 15) is 9.59 Å². The first kappa shape index (κ1) is 14.8. The molecular formula is C17H23NO2. The van der Waals surface area contributed by atoms with Crippen molar-refractivity contribution in [1.29, 1.82) is 0 Å². The van der Waals surface area contributed by atoms with E-state index in [0.717, 1.165) is 36.9 Å². The number of nitrogens with zero attached hydrogens (tertiary/aromatic N) is 1. The van der Waals surface area contributed by atoms with Crippen molar-refractivity contribution < 1.29 is 9.59 Å². The molecule has 1 atom stereocenters. The number of carbonyl (C=O) groups is 2. The first-order chi connectivity index (χ1) is 9.45. The van der Waals surface area contributed by atoms with Crippen LogP contribution in [0, 0.1) is 11.3 Å². The summed E-state index contributed by atoms with van der Waals surface area (Å²) < 4.78 is 0. The van der Waals surface area contributed by atoms with E-state index in [-0.39, 0.29) is 17.1 Å². The summed E-state index contributed by atoms with van der Waals surface area (Å²) in [7, 11) is 1.70. The van der Waals surface area contributed by atoms with Gasteiger partial charge in [0.25, 0.3) is 0 Å². The minimum atomic E-state index is 0.0909. The van der Waals surface area contributed by atoms with E-state index in [0.29, 0.717) is 0 Å². The molecule has 0 aliphatic heterocycles. The highest BCUT2D eigenvalue weighted by atomic mass is 16.1. The van der Waals surface area contributed by atoms with Crippen LogP contribution in [0.2, 0.25) is 0 Å². The Balaban J connectivity index is 2.18. The molecule has 108 valence electrons. The Morgan fingerprint density at radius 3 is 2.45 bits per heavy atom. The van der Waals surface area contributed by atoms with Crippen LogP contribution in [-0.2, 0) is 4.79 Å². The Hall–Kier alpha value is -1.64. The van der Waals surface area contributed by atoms with E-state index in [4.69, 9.17) is 0 Å². The summed E-state index contributed by atoms with van der Waals surface area (Å²) in [6, 6.07) is 7.33. The predicted molar refractivity (Wildman–Crippen MR) is 81.0 cm³/mol. The summed E-state index contributed by atoms with van der Waals surface area (Å²) >= 11 is 0. The maximum absolute atomic E-state index is 12.7. The van der Waals surface area contributed by atoms with Gasteiger partial charge in [0.2, 0.25) is 6.41 Å². The van der Waals surface area contributed by atoms with Crippen LogP contribution >= 0.6 is 0 Å². The van der Waals surface area contributed by atoms with E-state index in [1.165, 1.54) is 11.3 Å². The lowest BCUT2D eigenvalue weighted by Gasteiger charge is -2.37. The van der Waals surface area contributed by atoms with Crippen LogP contribution < -0.4 is 4.90 Å². The fraction of sp³-hybridized carbons (Fsp3) is 0.529. The Labute approximate surface area is 121 Å². The average Bonchev–Trinajstić information content (AvgIpc) is 2.45. The van der Waals surface area contributed by atoms with Crippen molar-refractivity contribution in [3.05, 3.63) is 29.8 Å². The normalized spacial score (nSPS) is 21.2. The topological polar surface area (TPSA) is 37.4 Å². The summed E-state index contributed by atoms with van der Waals surface area (Å²) in [6.45, 7) is 4.40. The van der Waals surface area contributed by atoms with Crippen LogP contribution in [-0.4, -0.2) is 19.2 Å². The Morgan fingerprint density at radius 1 is 1.25 bits per heavy atom. The van der Waals surface area contributed by atoms with Crippen molar-refractivity contribution in [1.82, 2.24) is 0 Å². The molecule has 0 heterocycles. The molecule has 0 aromatic heterocycles. The van der Waals surface area contributed by atoms with Crippen molar-refractivity contribution in [2.45, 2.75) is 39.5 Å². The first-order valence-corrected chi connectivity index (χ1v) is 7.28. The van der Waals surface area contributed by atoms with Crippen LogP contribution in [0.25, 0.3) is 0 Å². The largest absolute Gasteiger partial charge is 0.318 e. The van der Waals surface area contributed by atoms with Crippen LogP contribution in [0.1, 0.15) is 49.9 Å². The third-order valence-corrected chi connectivity index (χ3v) is 4.54. The number of amides is 1. The van der Waals surface area contributed by atoms with Gasteiger partial charge < -0.3 is 4.90 Å². The van der Waals surface area contributed by atoms with E-state index in [2.05, 4.69) is 13.8 Å². The van der Waals surface area contributed by atoms with Gasteiger partial charge in [-0.15, -0.1) is 0 Å². The number of benzene rings is 1. The lowest BCUT2D eigenvalue weighted by molar-refractivity contribution is -0.107. The summed E-state index contributed by atoms with van der Waals surface area (Å²) in [5.41, 5.74) is 1.65. The highest BCUT2D eigenvalue weighted by molar-refractivity contribution is 5.98. The molecule has 1 aromatic carbocycles. The van der Waals surface area contributed by atoms with Crippen molar-refractivity contribution in [2.75, 3.05) is 11.9 Å². The van der Waals surface area contributed by atoms with E-state index >= 15 is 0 Å². The Kier molecular flexibility index (Phi) is 4.26. The summed E-state index contributed by atoms with van der Waals surface area (Å²) in [4.78, 5) is 24.9. The van der Waals surface area contributed by atoms with Gasteiger partial charge in [0.05, 0.1) is 0 Å². The summed E-state index contributed by atoms with van der Waals surface area (Å²) in [5, 5.41) is 0. The Morgan fingerprint density at radius 2 is 1.90 bits per heavy atom. The van der Waals surface area contributed by atoms with Gasteiger partial charge in [0.15, 0.2) is 5.78 Å². The molecule has 0 radical (unpaired) electrons. The van der Waals surface area contributed by atoms with Crippen LogP contribution in [0.4, 0.5) is 5.69 Å². The van der Waals surface area contributed by atoms with Gasteiger partial charge in [-0.25, -0.2) is 0 Å². The summed E-state index contributed by atoms with van der Waals surface area (Å²) in [6.07, 6.45) is 5.24. The van der Waals surface area contributed by atoms with E-state index in [1.54, 1.807) is 7.05 Å². The highest BCUT2D eigenvalue weighted by Gasteiger charge is 2.37. The average molecular weight is 273 g/mol. The molecule has 1 amide bonds. The van der Waals surface area contributed by atoms with Gasteiger partial charge in [-0.3, -0.25) is 9.59 Å². The predicted octanol–water partition coefficient (Wildman–Crippen LogP) is 3.68. The second-order valence-corrected chi connectivity index (χ2v) is 6.41. The molecule has 2 rings (SSSR count). The molecule has 3 nitrogen and oxygen atoms in total. The fourth-order valence-corrected chi connectivity index (χ4v) is 3.10. The Bertz CT molecular complexity index is 490. The standard InChI is InChI=1S/C17H23NO2/c1-17(2)11-5-4-6-15(17)16(20)13-7-9-14(10-8-13)18(3)12-19/h7-10,12,15H,4-6,11H2,1-3H3. The highest BCUT2D eigenvalue weighted by Crippen LogP contribution is 2.42. The third kappa shape index (κ3) is 2.92. The van der Waals surface area contributed by atoms with Crippen LogP contribution in [0.5, 0.6) is 0 Å². The van der Waals surface area contributed by atoms with Crippen LogP contribution in [0.15, 0.2) is 24.3 Å². The van der Waals surface area contributed by atoms with Gasteiger partial charge in [-0.2, -0.15) is 0 Å².